The summed E-state index contributed by atoms with van der Waals surface area (Å²) in [6.07, 6.45) is 0. The van der Waals surface area contributed by atoms with E-state index in [9.17, 15) is 0 Å². The molecule has 2 nitrogen and oxygen atoms in total. The normalized spacial score (nSPS) is 12.6. The molecule has 0 fully saturated rings. The van der Waals surface area contributed by atoms with E-state index in [4.69, 9.17) is 9.47 Å². The largest absolute Gasteiger partial charge is 0.491 e. The van der Waals surface area contributed by atoms with Crippen molar-refractivity contribution in [3.8, 4) is 5.75 Å². The molecule has 0 spiro atoms. The lowest BCUT2D eigenvalue weighted by molar-refractivity contribution is -0.0162. The summed E-state index contributed by atoms with van der Waals surface area (Å²) in [6.45, 7) is 14.1. The van der Waals surface area contributed by atoms with E-state index < -0.39 is 0 Å². The van der Waals surface area contributed by atoms with Crippen molar-refractivity contribution in [3.63, 3.8) is 0 Å². The number of benzene rings is 2. The number of rotatable bonds is 4. The van der Waals surface area contributed by atoms with Gasteiger partial charge in [-0.1, -0.05) is 45.0 Å². The van der Waals surface area contributed by atoms with Gasteiger partial charge in [0.05, 0.1) is 12.2 Å². The van der Waals surface area contributed by atoms with Gasteiger partial charge in [0.2, 0.25) is 0 Å². The minimum absolute atomic E-state index is 0.117. The lowest BCUT2D eigenvalue weighted by Crippen LogP contribution is -2.22. The van der Waals surface area contributed by atoms with Gasteiger partial charge in [-0.3, -0.25) is 0 Å². The molecular weight excluding hydrogens is 272 g/mol. The Balaban J connectivity index is 2.12. The Morgan fingerprint density at radius 3 is 2.23 bits per heavy atom. The van der Waals surface area contributed by atoms with E-state index in [-0.39, 0.29) is 11.0 Å². The Morgan fingerprint density at radius 1 is 0.864 bits per heavy atom. The van der Waals surface area contributed by atoms with E-state index in [1.807, 2.05) is 0 Å². The maximum Gasteiger partial charge on any atom is 0.120 e. The summed E-state index contributed by atoms with van der Waals surface area (Å²) in [6, 6.07) is 12.8. The van der Waals surface area contributed by atoms with Crippen LogP contribution in [-0.4, -0.2) is 18.8 Å². The summed E-state index contributed by atoms with van der Waals surface area (Å²) in [5.74, 6) is 0.899. The molecule has 2 rings (SSSR count). The van der Waals surface area contributed by atoms with Crippen molar-refractivity contribution in [1.82, 2.24) is 0 Å². The van der Waals surface area contributed by atoms with Crippen molar-refractivity contribution < 1.29 is 9.47 Å². The van der Waals surface area contributed by atoms with E-state index in [1.165, 1.54) is 16.3 Å². The number of hydrogen-bond donors (Lipinski definition) is 0. The molecule has 0 heterocycles. The molecule has 2 aromatic rings. The molecule has 120 valence electrons. The maximum atomic E-state index is 5.81. The first-order chi connectivity index (χ1) is 10.2. The molecule has 0 saturated carbocycles. The molecule has 2 aromatic carbocycles. The fraction of sp³-hybridized carbons (Fsp3) is 0.500. The van der Waals surface area contributed by atoms with Crippen LogP contribution in [0.2, 0.25) is 0 Å². The molecule has 0 aliphatic carbocycles. The third-order valence-electron chi connectivity index (χ3n) is 3.55. The second-order valence-electron chi connectivity index (χ2n) is 7.75. The summed E-state index contributed by atoms with van der Waals surface area (Å²) in [7, 11) is 0. The maximum absolute atomic E-state index is 5.81. The standard InChI is InChI=1S/C20H28O2/c1-19(2,3)18-9-7-8-15-14-16(10-11-17(15)18)21-12-13-22-20(4,5)6/h7-11,14H,12-13H2,1-6H3. The van der Waals surface area contributed by atoms with E-state index >= 15 is 0 Å². The van der Waals surface area contributed by atoms with E-state index in [0.717, 1.165) is 5.75 Å². The lowest BCUT2D eigenvalue weighted by Gasteiger charge is -2.22. The summed E-state index contributed by atoms with van der Waals surface area (Å²) < 4.78 is 11.5. The molecule has 0 unspecified atom stereocenters. The molecule has 0 N–H and O–H groups in total. The van der Waals surface area contributed by atoms with Crippen LogP contribution in [0.4, 0.5) is 0 Å². The average Bonchev–Trinajstić information content (AvgIpc) is 2.40. The van der Waals surface area contributed by atoms with Gasteiger partial charge in [0.25, 0.3) is 0 Å². The van der Waals surface area contributed by atoms with E-state index in [0.29, 0.717) is 13.2 Å². The van der Waals surface area contributed by atoms with Gasteiger partial charge in [0, 0.05) is 0 Å². The topological polar surface area (TPSA) is 18.5 Å². The van der Waals surface area contributed by atoms with Crippen LogP contribution in [0, 0.1) is 0 Å². The minimum atomic E-state index is -0.117. The summed E-state index contributed by atoms with van der Waals surface area (Å²) in [4.78, 5) is 0. The first-order valence-corrected chi connectivity index (χ1v) is 7.97. The Hall–Kier alpha value is -1.54. The van der Waals surface area contributed by atoms with Gasteiger partial charge in [-0.15, -0.1) is 0 Å². The zero-order chi connectivity index (χ0) is 16.4. The van der Waals surface area contributed by atoms with Crippen molar-refractivity contribution >= 4 is 10.8 Å². The SMILES string of the molecule is CC(C)(C)OCCOc1ccc2c(C(C)(C)C)cccc2c1. The van der Waals surface area contributed by atoms with Crippen LogP contribution < -0.4 is 4.74 Å². The van der Waals surface area contributed by atoms with Gasteiger partial charge in [-0.2, -0.15) is 0 Å². The number of ether oxygens (including phenoxy) is 2. The molecule has 2 heteroatoms. The number of hydrogen-bond acceptors (Lipinski definition) is 2. The Morgan fingerprint density at radius 2 is 1.59 bits per heavy atom. The molecule has 0 bridgehead atoms. The van der Waals surface area contributed by atoms with Crippen LogP contribution in [0.25, 0.3) is 10.8 Å². The smallest absolute Gasteiger partial charge is 0.120 e. The molecule has 0 saturated heterocycles. The van der Waals surface area contributed by atoms with Crippen molar-refractivity contribution in [1.29, 1.82) is 0 Å². The Labute approximate surface area is 134 Å². The quantitative estimate of drug-likeness (QED) is 0.710. The van der Waals surface area contributed by atoms with Gasteiger partial charge in [-0.05, 0) is 54.7 Å². The predicted molar refractivity (Wildman–Crippen MR) is 93.8 cm³/mol. The van der Waals surface area contributed by atoms with E-state index in [2.05, 4.69) is 77.9 Å². The van der Waals surface area contributed by atoms with Gasteiger partial charge >= 0.3 is 0 Å². The summed E-state index contributed by atoms with van der Waals surface area (Å²) in [5, 5.41) is 2.52. The Kier molecular flexibility index (Phi) is 4.81. The zero-order valence-electron chi connectivity index (χ0n) is 14.7. The van der Waals surface area contributed by atoms with Crippen LogP contribution in [-0.2, 0) is 10.2 Å². The highest BCUT2D eigenvalue weighted by atomic mass is 16.5. The van der Waals surface area contributed by atoms with Gasteiger partial charge < -0.3 is 9.47 Å². The fourth-order valence-corrected chi connectivity index (χ4v) is 2.51. The highest BCUT2D eigenvalue weighted by molar-refractivity contribution is 5.87. The summed E-state index contributed by atoms with van der Waals surface area (Å²) in [5.41, 5.74) is 1.39. The molecule has 0 amide bonds. The van der Waals surface area contributed by atoms with Crippen LogP contribution in [0.15, 0.2) is 36.4 Å². The van der Waals surface area contributed by atoms with Crippen LogP contribution in [0.3, 0.4) is 0 Å². The molecule has 22 heavy (non-hydrogen) atoms. The molecule has 0 atom stereocenters. The second kappa shape index (κ2) is 6.29. The zero-order valence-corrected chi connectivity index (χ0v) is 14.7. The molecule has 0 aliphatic rings. The van der Waals surface area contributed by atoms with Gasteiger partial charge in [0.15, 0.2) is 0 Å². The predicted octanol–water partition coefficient (Wildman–Crippen LogP) is 5.33. The first kappa shape index (κ1) is 16.8. The monoisotopic (exact) mass is 300 g/mol. The summed E-state index contributed by atoms with van der Waals surface area (Å²) >= 11 is 0. The minimum Gasteiger partial charge on any atom is -0.491 e. The number of fused-ring (bicyclic) bond motifs is 1. The van der Waals surface area contributed by atoms with Crippen molar-refractivity contribution in [2.45, 2.75) is 52.6 Å². The molecule has 0 radical (unpaired) electrons. The van der Waals surface area contributed by atoms with E-state index in [1.54, 1.807) is 0 Å². The van der Waals surface area contributed by atoms with Crippen LogP contribution in [0.1, 0.15) is 47.1 Å². The van der Waals surface area contributed by atoms with Gasteiger partial charge in [0.1, 0.15) is 12.4 Å². The first-order valence-electron chi connectivity index (χ1n) is 7.97. The van der Waals surface area contributed by atoms with Gasteiger partial charge in [-0.25, -0.2) is 0 Å². The highest BCUT2D eigenvalue weighted by Gasteiger charge is 2.16. The van der Waals surface area contributed by atoms with Crippen molar-refractivity contribution in [2.24, 2.45) is 0 Å². The highest BCUT2D eigenvalue weighted by Crippen LogP contribution is 2.31. The molecule has 0 aliphatic heterocycles. The Bertz CT molecular complexity index is 630. The third-order valence-corrected chi connectivity index (χ3v) is 3.55. The fourth-order valence-electron chi connectivity index (χ4n) is 2.51. The van der Waals surface area contributed by atoms with Crippen LogP contribution in [0.5, 0.6) is 5.75 Å². The second-order valence-corrected chi connectivity index (χ2v) is 7.75. The molecular formula is C20H28O2. The van der Waals surface area contributed by atoms with Crippen molar-refractivity contribution in [3.05, 3.63) is 42.0 Å². The van der Waals surface area contributed by atoms with Crippen LogP contribution >= 0.6 is 0 Å². The lowest BCUT2D eigenvalue weighted by atomic mass is 9.84. The van der Waals surface area contributed by atoms with Crippen molar-refractivity contribution in [2.75, 3.05) is 13.2 Å². The average molecular weight is 300 g/mol. The third kappa shape index (κ3) is 4.48. The molecule has 0 aromatic heterocycles.